The van der Waals surface area contributed by atoms with Gasteiger partial charge in [-0.2, -0.15) is 0 Å². The van der Waals surface area contributed by atoms with Crippen LogP contribution in [0.3, 0.4) is 0 Å². The Kier molecular flexibility index (Phi) is 6.51. The van der Waals surface area contributed by atoms with E-state index in [2.05, 4.69) is 4.99 Å². The van der Waals surface area contributed by atoms with Crippen molar-refractivity contribution in [1.29, 1.82) is 0 Å². The van der Waals surface area contributed by atoms with Gasteiger partial charge in [-0.05, 0) is 73.5 Å². The number of ketones is 2. The standard InChI is InChI=1S/C28H26N2O7.ClH/c1-11-4-9-16-12(2)17-10-18-22(29)25(34)19(13(3)30-14-5-7-15(31)8-6-14)26(35)28(18,37)27(36)21(17)24(33)20(16)23(11)32;/h4-9,18,22,31-33,35,37H,10,29H2,1-3H3;1H/t18-,22+,28+;/m0./s1. The molecule has 0 radical (unpaired) electrons. The van der Waals surface area contributed by atoms with Gasteiger partial charge in [-0.3, -0.25) is 14.6 Å². The van der Waals surface area contributed by atoms with Crippen molar-refractivity contribution in [3.05, 3.63) is 70.0 Å². The summed E-state index contributed by atoms with van der Waals surface area (Å²) >= 11 is 0. The van der Waals surface area contributed by atoms with E-state index in [4.69, 9.17) is 5.73 Å². The van der Waals surface area contributed by atoms with Gasteiger partial charge >= 0.3 is 0 Å². The molecule has 2 aliphatic carbocycles. The number of aliphatic hydroxyl groups is 2. The number of aryl methyl sites for hydroxylation is 2. The Bertz CT molecular complexity index is 1590. The molecule has 0 aliphatic heterocycles. The van der Waals surface area contributed by atoms with Crippen molar-refractivity contribution in [2.24, 2.45) is 16.6 Å². The molecule has 0 spiro atoms. The maximum absolute atomic E-state index is 13.9. The van der Waals surface area contributed by atoms with E-state index in [1.165, 1.54) is 31.2 Å². The Morgan fingerprint density at radius 2 is 1.63 bits per heavy atom. The van der Waals surface area contributed by atoms with Crippen molar-refractivity contribution in [2.45, 2.75) is 38.8 Å². The van der Waals surface area contributed by atoms with Gasteiger partial charge in [0.25, 0.3) is 0 Å². The van der Waals surface area contributed by atoms with Gasteiger partial charge in [-0.15, -0.1) is 12.4 Å². The fourth-order valence-electron chi connectivity index (χ4n) is 5.54. The van der Waals surface area contributed by atoms with E-state index in [0.717, 1.165) is 0 Å². The molecule has 0 fully saturated rings. The number of nitrogens with two attached hydrogens (primary N) is 1. The number of hydrogen-bond acceptors (Lipinski definition) is 9. The largest absolute Gasteiger partial charge is 0.508 e. The SMILES string of the molecule is CC(=Nc1ccc(O)cc1)C1=C(O)[C@@]2(O)C(=O)c3c(c(C)c4ccc(C)c(O)c4c3O)C[C@H]2[C@@H](N)C1=O.Cl. The lowest BCUT2D eigenvalue weighted by Gasteiger charge is -2.45. The topological polar surface area (TPSA) is 174 Å². The van der Waals surface area contributed by atoms with Crippen LogP contribution in [0.5, 0.6) is 17.2 Å². The molecule has 198 valence electrons. The molecule has 0 aromatic heterocycles. The molecule has 38 heavy (non-hydrogen) atoms. The Labute approximate surface area is 224 Å². The van der Waals surface area contributed by atoms with Crippen LogP contribution in [0, 0.1) is 19.8 Å². The first-order chi connectivity index (χ1) is 17.4. The van der Waals surface area contributed by atoms with E-state index in [0.29, 0.717) is 27.8 Å². The first-order valence-electron chi connectivity index (χ1n) is 11.7. The highest BCUT2D eigenvalue weighted by Crippen LogP contribution is 2.50. The van der Waals surface area contributed by atoms with Crippen LogP contribution in [-0.2, 0) is 11.2 Å². The Balaban J connectivity index is 0.00000336. The molecule has 0 heterocycles. The second-order valence-electron chi connectivity index (χ2n) is 9.71. The lowest BCUT2D eigenvalue weighted by atomic mass is 9.61. The summed E-state index contributed by atoms with van der Waals surface area (Å²) in [6, 6.07) is 7.83. The third-order valence-electron chi connectivity index (χ3n) is 7.63. The van der Waals surface area contributed by atoms with Crippen molar-refractivity contribution < 1.29 is 35.1 Å². The van der Waals surface area contributed by atoms with Crippen LogP contribution in [0.4, 0.5) is 5.69 Å². The van der Waals surface area contributed by atoms with Crippen molar-refractivity contribution in [2.75, 3.05) is 0 Å². The van der Waals surface area contributed by atoms with Gasteiger partial charge in [0.05, 0.1) is 34.0 Å². The molecule has 0 amide bonds. The number of rotatable bonds is 2. The highest BCUT2D eigenvalue weighted by molar-refractivity contribution is 6.27. The summed E-state index contributed by atoms with van der Waals surface area (Å²) in [6.45, 7) is 4.81. The Morgan fingerprint density at radius 3 is 2.26 bits per heavy atom. The number of fused-ring (bicyclic) bond motifs is 3. The molecular formula is C28H27ClN2O7. The fourth-order valence-corrected chi connectivity index (χ4v) is 5.54. The monoisotopic (exact) mass is 538 g/mol. The van der Waals surface area contributed by atoms with E-state index in [-0.39, 0.29) is 52.6 Å². The summed E-state index contributed by atoms with van der Waals surface area (Å²) in [4.78, 5) is 31.5. The fraction of sp³-hybridized carbons (Fsp3) is 0.250. The molecule has 10 heteroatoms. The number of phenolic OH excluding ortho intramolecular Hbond substituents is 3. The van der Waals surface area contributed by atoms with E-state index in [1.54, 1.807) is 26.0 Å². The Hall–Kier alpha value is -3.92. The quantitative estimate of drug-likeness (QED) is 0.268. The summed E-state index contributed by atoms with van der Waals surface area (Å²) in [5.41, 5.74) is 4.91. The minimum absolute atomic E-state index is 0. The van der Waals surface area contributed by atoms with E-state index in [9.17, 15) is 35.1 Å². The van der Waals surface area contributed by atoms with Crippen LogP contribution < -0.4 is 5.73 Å². The van der Waals surface area contributed by atoms with Crippen LogP contribution in [0.15, 0.2) is 52.7 Å². The average Bonchev–Trinajstić information content (AvgIpc) is 2.85. The minimum atomic E-state index is -2.60. The lowest BCUT2D eigenvalue weighted by Crippen LogP contribution is -2.63. The minimum Gasteiger partial charge on any atom is -0.508 e. The number of carbonyl (C=O) groups is 2. The predicted molar refractivity (Wildman–Crippen MR) is 144 cm³/mol. The molecule has 0 unspecified atom stereocenters. The molecular weight excluding hydrogens is 512 g/mol. The van der Waals surface area contributed by atoms with Crippen molar-refractivity contribution >= 4 is 46.1 Å². The smallest absolute Gasteiger partial charge is 0.206 e. The number of Topliss-reactive ketones (excluding diaryl/α,β-unsaturated/α-hetero) is 2. The third-order valence-corrected chi connectivity index (χ3v) is 7.63. The zero-order chi connectivity index (χ0) is 27.0. The van der Waals surface area contributed by atoms with Gasteiger partial charge in [-0.1, -0.05) is 12.1 Å². The number of nitrogens with zero attached hydrogens (tertiary/aromatic N) is 1. The molecule has 0 saturated carbocycles. The number of benzene rings is 3. The van der Waals surface area contributed by atoms with Crippen LogP contribution in [0.25, 0.3) is 10.8 Å². The summed E-state index contributed by atoms with van der Waals surface area (Å²) in [7, 11) is 0. The number of carbonyl (C=O) groups excluding carboxylic acids is 2. The van der Waals surface area contributed by atoms with Gasteiger partial charge in [0, 0.05) is 5.92 Å². The third kappa shape index (κ3) is 3.58. The molecule has 0 saturated heterocycles. The van der Waals surface area contributed by atoms with E-state index < -0.39 is 40.6 Å². The summed E-state index contributed by atoms with van der Waals surface area (Å²) < 4.78 is 0. The number of phenols is 3. The normalized spacial score (nSPS) is 23.2. The average molecular weight is 539 g/mol. The lowest BCUT2D eigenvalue weighted by molar-refractivity contribution is -0.122. The molecule has 0 bridgehead atoms. The number of halogens is 1. The van der Waals surface area contributed by atoms with Crippen LogP contribution in [0.2, 0.25) is 0 Å². The maximum atomic E-state index is 13.9. The van der Waals surface area contributed by atoms with Gasteiger partial charge in [-0.25, -0.2) is 0 Å². The van der Waals surface area contributed by atoms with Gasteiger partial charge in [0.2, 0.25) is 5.78 Å². The highest BCUT2D eigenvalue weighted by Gasteiger charge is 2.60. The molecule has 3 aromatic carbocycles. The van der Waals surface area contributed by atoms with Crippen LogP contribution in [0.1, 0.15) is 34.0 Å². The van der Waals surface area contributed by atoms with Crippen molar-refractivity contribution in [3.8, 4) is 17.2 Å². The predicted octanol–water partition coefficient (Wildman–Crippen LogP) is 3.60. The zero-order valence-electron chi connectivity index (χ0n) is 20.8. The van der Waals surface area contributed by atoms with Gasteiger partial charge < -0.3 is 31.3 Å². The number of aromatic hydroxyl groups is 3. The number of aliphatic imine (C=N–C) groups is 1. The Morgan fingerprint density at radius 1 is 1.00 bits per heavy atom. The highest BCUT2D eigenvalue weighted by atomic mass is 35.5. The van der Waals surface area contributed by atoms with Gasteiger partial charge in [0.1, 0.15) is 23.0 Å². The maximum Gasteiger partial charge on any atom is 0.206 e. The van der Waals surface area contributed by atoms with Crippen LogP contribution >= 0.6 is 12.4 Å². The second-order valence-corrected chi connectivity index (χ2v) is 9.71. The summed E-state index contributed by atoms with van der Waals surface area (Å²) in [5.74, 6) is -4.47. The second kappa shape index (κ2) is 9.13. The van der Waals surface area contributed by atoms with Gasteiger partial charge in [0.15, 0.2) is 11.4 Å². The summed E-state index contributed by atoms with van der Waals surface area (Å²) in [6.07, 6.45) is -0.0695. The molecule has 3 atom stereocenters. The zero-order valence-corrected chi connectivity index (χ0v) is 21.6. The summed E-state index contributed by atoms with van der Waals surface area (Å²) in [5, 5.41) is 54.9. The van der Waals surface area contributed by atoms with Crippen LogP contribution in [-0.4, -0.2) is 54.5 Å². The number of hydrogen-bond donors (Lipinski definition) is 6. The first-order valence-corrected chi connectivity index (χ1v) is 11.7. The molecule has 3 aromatic rings. The number of aliphatic hydroxyl groups excluding tert-OH is 1. The molecule has 5 rings (SSSR count). The van der Waals surface area contributed by atoms with Crippen molar-refractivity contribution in [1.82, 2.24) is 0 Å². The molecule has 7 N–H and O–H groups in total. The van der Waals surface area contributed by atoms with Crippen molar-refractivity contribution in [3.63, 3.8) is 0 Å². The van der Waals surface area contributed by atoms with E-state index in [1.807, 2.05) is 0 Å². The molecule has 2 aliphatic rings. The molecule has 9 nitrogen and oxygen atoms in total. The first kappa shape index (κ1) is 27.1. The van der Waals surface area contributed by atoms with E-state index >= 15 is 0 Å².